The van der Waals surface area contributed by atoms with Crippen LogP contribution in [0.4, 0.5) is 9.18 Å². The highest BCUT2D eigenvalue weighted by Crippen LogP contribution is 2.33. The molecule has 1 heterocycles. The summed E-state index contributed by atoms with van der Waals surface area (Å²) in [6.07, 6.45) is 0.392. The van der Waals surface area contributed by atoms with Gasteiger partial charge in [0.25, 0.3) is 5.91 Å². The minimum absolute atomic E-state index is 0.0410. The summed E-state index contributed by atoms with van der Waals surface area (Å²) in [5, 5.41) is 2.82. The van der Waals surface area contributed by atoms with E-state index in [2.05, 4.69) is 26.1 Å². The van der Waals surface area contributed by atoms with Gasteiger partial charge in [0, 0.05) is 0 Å². The first-order valence-electron chi connectivity index (χ1n) is 9.17. The van der Waals surface area contributed by atoms with Crippen LogP contribution >= 0.6 is 0 Å². The average Bonchev–Trinajstić information content (AvgIpc) is 2.87. The Morgan fingerprint density at radius 2 is 1.59 bits per heavy atom. The Labute approximate surface area is 159 Å². The van der Waals surface area contributed by atoms with Crippen molar-refractivity contribution in [3.63, 3.8) is 0 Å². The largest absolute Gasteiger partial charge is 0.325 e. The molecule has 3 rings (SSSR count). The van der Waals surface area contributed by atoms with Crippen LogP contribution in [-0.2, 0) is 22.3 Å². The molecule has 0 spiro atoms. The monoisotopic (exact) mass is 368 g/mol. The smallest absolute Gasteiger partial charge is 0.319 e. The number of imide groups is 1. The lowest BCUT2D eigenvalue weighted by atomic mass is 9.86. The van der Waals surface area contributed by atoms with Crippen LogP contribution in [0.25, 0.3) is 0 Å². The molecule has 0 radical (unpaired) electrons. The Bertz CT molecular complexity index is 853. The van der Waals surface area contributed by atoms with Crippen molar-refractivity contribution >= 4 is 11.9 Å². The van der Waals surface area contributed by atoms with Gasteiger partial charge in [-0.2, -0.15) is 0 Å². The molecular formula is C22H25FN2O2. The summed E-state index contributed by atoms with van der Waals surface area (Å²) in [5.41, 5.74) is 1.57. The zero-order valence-electron chi connectivity index (χ0n) is 16.2. The number of urea groups is 1. The van der Waals surface area contributed by atoms with Crippen LogP contribution < -0.4 is 5.32 Å². The SMILES string of the molecule is CCC1(c2ccc(F)cc2)NC(=O)N(Cc2ccc(C(C)(C)C)cc2)C1=O. The molecule has 2 aromatic carbocycles. The summed E-state index contributed by atoms with van der Waals surface area (Å²) in [7, 11) is 0. The van der Waals surface area contributed by atoms with Gasteiger partial charge in [0.2, 0.25) is 0 Å². The number of hydrogen-bond acceptors (Lipinski definition) is 2. The number of halogens is 1. The minimum atomic E-state index is -1.14. The molecule has 3 amide bonds. The van der Waals surface area contributed by atoms with E-state index >= 15 is 0 Å². The van der Waals surface area contributed by atoms with Crippen LogP contribution in [0, 0.1) is 5.82 Å². The fraction of sp³-hybridized carbons (Fsp3) is 0.364. The van der Waals surface area contributed by atoms with Crippen molar-refractivity contribution in [1.82, 2.24) is 10.2 Å². The maximum Gasteiger partial charge on any atom is 0.325 e. The fourth-order valence-corrected chi connectivity index (χ4v) is 3.44. The Kier molecular flexibility index (Phi) is 4.81. The molecular weight excluding hydrogens is 343 g/mol. The summed E-state index contributed by atoms with van der Waals surface area (Å²) >= 11 is 0. The number of rotatable bonds is 4. The van der Waals surface area contributed by atoms with Crippen molar-refractivity contribution in [2.24, 2.45) is 0 Å². The van der Waals surface area contributed by atoms with Gasteiger partial charge in [-0.3, -0.25) is 9.69 Å². The van der Waals surface area contributed by atoms with Crippen LogP contribution in [0.1, 0.15) is 50.8 Å². The number of nitrogens with zero attached hydrogens (tertiary/aromatic N) is 1. The Morgan fingerprint density at radius 1 is 1.00 bits per heavy atom. The summed E-state index contributed by atoms with van der Waals surface area (Å²) in [5.74, 6) is -0.681. The maximum absolute atomic E-state index is 13.3. The van der Waals surface area contributed by atoms with Gasteiger partial charge in [-0.05, 0) is 40.7 Å². The highest BCUT2D eigenvalue weighted by atomic mass is 19.1. The quantitative estimate of drug-likeness (QED) is 0.809. The van der Waals surface area contributed by atoms with E-state index in [0.717, 1.165) is 5.56 Å². The molecule has 2 aromatic rings. The molecule has 1 atom stereocenters. The van der Waals surface area contributed by atoms with E-state index < -0.39 is 11.6 Å². The van der Waals surface area contributed by atoms with Gasteiger partial charge in [0.1, 0.15) is 11.4 Å². The lowest BCUT2D eigenvalue weighted by molar-refractivity contribution is -0.132. The van der Waals surface area contributed by atoms with Crippen molar-refractivity contribution in [2.75, 3.05) is 0 Å². The van der Waals surface area contributed by atoms with Crippen LogP contribution in [0.2, 0.25) is 0 Å². The predicted octanol–water partition coefficient (Wildman–Crippen LogP) is 4.48. The zero-order chi connectivity index (χ0) is 19.8. The first-order valence-corrected chi connectivity index (χ1v) is 9.17. The highest BCUT2D eigenvalue weighted by molar-refractivity contribution is 6.07. The standard InChI is InChI=1S/C22H25FN2O2/c1-5-22(17-10-12-18(23)13-11-17)19(26)25(20(27)24-22)14-15-6-8-16(9-7-15)21(2,3)4/h6-13H,5,14H2,1-4H3,(H,24,27). The zero-order valence-corrected chi connectivity index (χ0v) is 16.2. The summed E-state index contributed by atoms with van der Waals surface area (Å²) in [4.78, 5) is 26.9. The van der Waals surface area contributed by atoms with Crippen LogP contribution in [0.15, 0.2) is 48.5 Å². The van der Waals surface area contributed by atoms with Gasteiger partial charge < -0.3 is 5.32 Å². The van der Waals surface area contributed by atoms with Crippen molar-refractivity contribution in [2.45, 2.75) is 51.6 Å². The number of benzene rings is 2. The van der Waals surface area contributed by atoms with Crippen molar-refractivity contribution in [3.05, 3.63) is 71.0 Å². The van der Waals surface area contributed by atoms with E-state index in [1.165, 1.54) is 22.6 Å². The van der Waals surface area contributed by atoms with E-state index in [4.69, 9.17) is 0 Å². The van der Waals surface area contributed by atoms with Gasteiger partial charge in [0.15, 0.2) is 0 Å². The van der Waals surface area contributed by atoms with E-state index in [0.29, 0.717) is 12.0 Å². The topological polar surface area (TPSA) is 49.4 Å². The number of amides is 3. The number of carbonyl (C=O) groups excluding carboxylic acids is 2. The van der Waals surface area contributed by atoms with E-state index in [-0.39, 0.29) is 23.7 Å². The first-order chi connectivity index (χ1) is 12.7. The highest BCUT2D eigenvalue weighted by Gasteiger charge is 2.51. The van der Waals surface area contributed by atoms with Crippen molar-refractivity contribution in [3.8, 4) is 0 Å². The normalized spacial score (nSPS) is 20.1. The Balaban J connectivity index is 1.86. The van der Waals surface area contributed by atoms with E-state index in [1.54, 1.807) is 12.1 Å². The molecule has 27 heavy (non-hydrogen) atoms. The average molecular weight is 368 g/mol. The molecule has 1 unspecified atom stereocenters. The molecule has 0 aromatic heterocycles. The molecule has 0 saturated carbocycles. The molecule has 1 aliphatic heterocycles. The predicted molar refractivity (Wildman–Crippen MR) is 103 cm³/mol. The molecule has 1 N–H and O–H groups in total. The molecule has 4 nitrogen and oxygen atoms in total. The molecule has 0 bridgehead atoms. The second kappa shape index (κ2) is 6.80. The molecule has 1 aliphatic rings. The summed E-state index contributed by atoms with van der Waals surface area (Å²) < 4.78 is 13.3. The Morgan fingerprint density at radius 3 is 2.11 bits per heavy atom. The molecule has 5 heteroatoms. The van der Waals surface area contributed by atoms with Gasteiger partial charge in [-0.25, -0.2) is 9.18 Å². The third-order valence-corrected chi connectivity index (χ3v) is 5.20. The second-order valence-electron chi connectivity index (χ2n) is 8.03. The second-order valence-corrected chi connectivity index (χ2v) is 8.03. The molecule has 0 aliphatic carbocycles. The van der Waals surface area contributed by atoms with Gasteiger partial charge in [0.05, 0.1) is 6.54 Å². The summed E-state index contributed by atoms with van der Waals surface area (Å²) in [6, 6.07) is 13.3. The van der Waals surface area contributed by atoms with Gasteiger partial charge in [-0.15, -0.1) is 0 Å². The van der Waals surface area contributed by atoms with Crippen LogP contribution in [-0.4, -0.2) is 16.8 Å². The van der Waals surface area contributed by atoms with Gasteiger partial charge in [-0.1, -0.05) is 64.1 Å². The van der Waals surface area contributed by atoms with Crippen molar-refractivity contribution in [1.29, 1.82) is 0 Å². The number of nitrogens with one attached hydrogen (secondary N) is 1. The summed E-state index contributed by atoms with van der Waals surface area (Å²) in [6.45, 7) is 8.45. The van der Waals surface area contributed by atoms with Crippen molar-refractivity contribution < 1.29 is 14.0 Å². The van der Waals surface area contributed by atoms with Crippen LogP contribution in [0.3, 0.4) is 0 Å². The lowest BCUT2D eigenvalue weighted by Gasteiger charge is -2.26. The van der Waals surface area contributed by atoms with Crippen LogP contribution in [0.5, 0.6) is 0 Å². The van der Waals surface area contributed by atoms with Gasteiger partial charge >= 0.3 is 6.03 Å². The third-order valence-electron chi connectivity index (χ3n) is 5.20. The molecule has 142 valence electrons. The Hall–Kier alpha value is -2.69. The number of hydrogen-bond donors (Lipinski definition) is 1. The first kappa shape index (κ1) is 19.1. The third kappa shape index (κ3) is 3.46. The number of carbonyl (C=O) groups is 2. The molecule has 1 fully saturated rings. The van der Waals surface area contributed by atoms with E-state index in [1.807, 2.05) is 31.2 Å². The van der Waals surface area contributed by atoms with E-state index in [9.17, 15) is 14.0 Å². The lowest BCUT2D eigenvalue weighted by Crippen LogP contribution is -2.43. The molecule has 1 saturated heterocycles. The minimum Gasteiger partial charge on any atom is -0.319 e. The fourth-order valence-electron chi connectivity index (χ4n) is 3.44. The maximum atomic E-state index is 13.3.